The molecule has 0 radical (unpaired) electrons. The van der Waals surface area contributed by atoms with Crippen LogP contribution in [0.1, 0.15) is 17.7 Å². The Morgan fingerprint density at radius 3 is 2.56 bits per heavy atom. The second-order valence-corrected chi connectivity index (χ2v) is 9.91. The van der Waals surface area contributed by atoms with Gasteiger partial charge in [-0.3, -0.25) is 4.90 Å². The van der Waals surface area contributed by atoms with Crippen molar-refractivity contribution >= 4 is 21.8 Å². The molecular formula is C32H34N4O3. The summed E-state index contributed by atoms with van der Waals surface area (Å²) in [6.45, 7) is 5.19. The van der Waals surface area contributed by atoms with Gasteiger partial charge in [-0.05, 0) is 37.0 Å². The van der Waals surface area contributed by atoms with E-state index >= 15 is 0 Å². The Kier molecular flexibility index (Phi) is 7.70. The molecule has 3 heterocycles. The molecule has 3 aromatic carbocycles. The van der Waals surface area contributed by atoms with Crippen LogP contribution < -0.4 is 9.47 Å². The molecule has 1 N–H and O–H groups in total. The lowest BCUT2D eigenvalue weighted by Gasteiger charge is -2.26. The fraction of sp³-hybridized carbons (Fsp3) is 0.312. The van der Waals surface area contributed by atoms with E-state index in [0.29, 0.717) is 18.1 Å². The van der Waals surface area contributed by atoms with Crippen LogP contribution in [0.5, 0.6) is 11.5 Å². The monoisotopic (exact) mass is 522 g/mol. The molecular weight excluding hydrogens is 488 g/mol. The number of benzene rings is 3. The van der Waals surface area contributed by atoms with E-state index in [9.17, 15) is 0 Å². The van der Waals surface area contributed by atoms with Crippen molar-refractivity contribution in [3.8, 4) is 22.8 Å². The van der Waals surface area contributed by atoms with Gasteiger partial charge in [0.1, 0.15) is 6.33 Å². The molecule has 5 aromatic rings. The molecule has 1 aliphatic heterocycles. The molecule has 200 valence electrons. The first kappa shape index (κ1) is 25.3. The summed E-state index contributed by atoms with van der Waals surface area (Å²) in [4.78, 5) is 15.5. The van der Waals surface area contributed by atoms with Crippen LogP contribution in [0.15, 0.2) is 73.1 Å². The number of hydrogen-bond donors (Lipinski definition) is 1. The van der Waals surface area contributed by atoms with Crippen LogP contribution in [0.2, 0.25) is 0 Å². The number of aromatic amines is 1. The molecule has 0 spiro atoms. The minimum atomic E-state index is 0.609. The Hall–Kier alpha value is -3.94. The van der Waals surface area contributed by atoms with Crippen LogP contribution in [-0.2, 0) is 17.6 Å². The topological polar surface area (TPSA) is 72.5 Å². The first-order chi connectivity index (χ1) is 19.3. The van der Waals surface area contributed by atoms with Crippen molar-refractivity contribution in [2.45, 2.75) is 19.3 Å². The largest absolute Gasteiger partial charge is 0.493 e. The van der Waals surface area contributed by atoms with Gasteiger partial charge in [0.05, 0.1) is 38.1 Å². The molecule has 0 unspecified atom stereocenters. The molecule has 0 atom stereocenters. The van der Waals surface area contributed by atoms with Gasteiger partial charge in [0.15, 0.2) is 11.5 Å². The van der Waals surface area contributed by atoms with Crippen molar-refractivity contribution in [2.75, 3.05) is 46.6 Å². The minimum absolute atomic E-state index is 0.609. The minimum Gasteiger partial charge on any atom is -0.493 e. The van der Waals surface area contributed by atoms with Crippen LogP contribution in [0, 0.1) is 0 Å². The number of aromatic nitrogens is 3. The second-order valence-electron chi connectivity index (χ2n) is 9.91. The third-order valence-electron chi connectivity index (χ3n) is 7.43. The third kappa shape index (κ3) is 5.60. The standard InChI is InChI=1S/C32H34N4O3/c1-37-29-21-28-25(20-30(29)39-17-7-14-36-15-18-38-19-16-36)32(34-22-33-28)31-24-10-5-6-11-26(24)35-27(31)13-12-23-8-3-2-4-9-23/h2-6,8-11,20-22,35H,7,12-19H2,1H3. The first-order valence-corrected chi connectivity index (χ1v) is 13.7. The molecule has 0 amide bonds. The SMILES string of the molecule is COc1cc2ncnc(-c3c(CCc4ccccc4)[nH]c4ccccc34)c2cc1OCCCN1CCOCC1. The molecule has 7 heteroatoms. The summed E-state index contributed by atoms with van der Waals surface area (Å²) >= 11 is 0. The molecule has 7 nitrogen and oxygen atoms in total. The number of hydrogen-bond acceptors (Lipinski definition) is 6. The zero-order valence-electron chi connectivity index (χ0n) is 22.4. The van der Waals surface area contributed by atoms with Gasteiger partial charge in [0.25, 0.3) is 0 Å². The lowest BCUT2D eigenvalue weighted by atomic mass is 9.99. The summed E-state index contributed by atoms with van der Waals surface area (Å²) in [7, 11) is 1.67. The summed E-state index contributed by atoms with van der Waals surface area (Å²) in [6.07, 6.45) is 4.39. The Bertz CT molecular complexity index is 1540. The highest BCUT2D eigenvalue weighted by molar-refractivity contribution is 6.04. The van der Waals surface area contributed by atoms with Crippen LogP contribution in [-0.4, -0.2) is 66.4 Å². The predicted molar refractivity (Wildman–Crippen MR) is 155 cm³/mol. The summed E-state index contributed by atoms with van der Waals surface area (Å²) in [5.74, 6) is 1.40. The van der Waals surface area contributed by atoms with E-state index in [0.717, 1.165) is 85.2 Å². The van der Waals surface area contributed by atoms with Gasteiger partial charge in [0.2, 0.25) is 0 Å². The molecule has 1 fully saturated rings. The van der Waals surface area contributed by atoms with Crippen molar-refractivity contribution in [1.82, 2.24) is 19.9 Å². The third-order valence-corrected chi connectivity index (χ3v) is 7.43. The highest BCUT2D eigenvalue weighted by Crippen LogP contribution is 2.39. The van der Waals surface area contributed by atoms with Crippen molar-refractivity contribution < 1.29 is 14.2 Å². The fourth-order valence-corrected chi connectivity index (χ4v) is 5.40. The molecule has 39 heavy (non-hydrogen) atoms. The van der Waals surface area contributed by atoms with Gasteiger partial charge >= 0.3 is 0 Å². The number of aryl methyl sites for hydroxylation is 2. The number of nitrogens with zero attached hydrogens (tertiary/aromatic N) is 3. The van der Waals surface area contributed by atoms with E-state index in [4.69, 9.17) is 19.2 Å². The summed E-state index contributed by atoms with van der Waals surface area (Å²) in [5, 5.41) is 2.11. The number of nitrogens with one attached hydrogen (secondary N) is 1. The fourth-order valence-electron chi connectivity index (χ4n) is 5.40. The lowest BCUT2D eigenvalue weighted by Crippen LogP contribution is -2.37. The summed E-state index contributed by atoms with van der Waals surface area (Å²) < 4.78 is 17.4. The molecule has 2 aromatic heterocycles. The average molecular weight is 523 g/mol. The maximum absolute atomic E-state index is 6.28. The maximum Gasteiger partial charge on any atom is 0.162 e. The van der Waals surface area contributed by atoms with Crippen LogP contribution in [0.4, 0.5) is 0 Å². The molecule has 0 saturated carbocycles. The molecule has 1 saturated heterocycles. The number of rotatable bonds is 10. The van der Waals surface area contributed by atoms with E-state index in [1.165, 1.54) is 11.3 Å². The van der Waals surface area contributed by atoms with Gasteiger partial charge in [-0.1, -0.05) is 48.5 Å². The average Bonchev–Trinajstić information content (AvgIpc) is 3.37. The summed E-state index contributed by atoms with van der Waals surface area (Å²) in [5.41, 5.74) is 6.45. The number of methoxy groups -OCH3 is 1. The molecule has 6 rings (SSSR count). The van der Waals surface area contributed by atoms with E-state index in [2.05, 4.69) is 69.5 Å². The zero-order valence-corrected chi connectivity index (χ0v) is 22.4. The van der Waals surface area contributed by atoms with Crippen molar-refractivity contribution in [1.29, 1.82) is 0 Å². The van der Waals surface area contributed by atoms with Crippen molar-refractivity contribution in [2.24, 2.45) is 0 Å². The highest BCUT2D eigenvalue weighted by Gasteiger charge is 2.19. The van der Waals surface area contributed by atoms with E-state index in [1.807, 2.05) is 12.1 Å². The van der Waals surface area contributed by atoms with Crippen LogP contribution in [0.25, 0.3) is 33.1 Å². The van der Waals surface area contributed by atoms with Crippen LogP contribution >= 0.6 is 0 Å². The first-order valence-electron chi connectivity index (χ1n) is 13.7. The van der Waals surface area contributed by atoms with E-state index < -0.39 is 0 Å². The maximum atomic E-state index is 6.28. The predicted octanol–water partition coefficient (Wildman–Crippen LogP) is 5.67. The Morgan fingerprint density at radius 2 is 1.72 bits per heavy atom. The van der Waals surface area contributed by atoms with Gasteiger partial charge in [-0.15, -0.1) is 0 Å². The Labute approximate surface area is 228 Å². The van der Waals surface area contributed by atoms with Gasteiger partial charge in [-0.2, -0.15) is 0 Å². The van der Waals surface area contributed by atoms with Crippen LogP contribution in [0.3, 0.4) is 0 Å². The number of H-pyrrole nitrogens is 1. The number of fused-ring (bicyclic) bond motifs is 2. The highest BCUT2D eigenvalue weighted by atomic mass is 16.5. The zero-order chi connectivity index (χ0) is 26.4. The summed E-state index contributed by atoms with van der Waals surface area (Å²) in [6, 6.07) is 23.0. The molecule has 0 aliphatic carbocycles. The number of morpholine rings is 1. The Balaban J connectivity index is 1.33. The normalized spacial score (nSPS) is 14.2. The number of para-hydroxylation sites is 1. The smallest absolute Gasteiger partial charge is 0.162 e. The van der Waals surface area contributed by atoms with Gasteiger partial charge < -0.3 is 19.2 Å². The molecule has 1 aliphatic rings. The van der Waals surface area contributed by atoms with E-state index in [1.54, 1.807) is 13.4 Å². The molecule has 0 bridgehead atoms. The van der Waals surface area contributed by atoms with Gasteiger partial charge in [0, 0.05) is 53.2 Å². The number of ether oxygens (including phenoxy) is 3. The van der Waals surface area contributed by atoms with Crippen molar-refractivity contribution in [3.63, 3.8) is 0 Å². The van der Waals surface area contributed by atoms with Gasteiger partial charge in [-0.25, -0.2) is 9.97 Å². The van der Waals surface area contributed by atoms with E-state index in [-0.39, 0.29) is 0 Å². The quantitative estimate of drug-likeness (QED) is 0.238. The van der Waals surface area contributed by atoms with Crippen molar-refractivity contribution in [3.05, 3.63) is 84.3 Å². The lowest BCUT2D eigenvalue weighted by molar-refractivity contribution is 0.0357. The second kappa shape index (κ2) is 11.8. The Morgan fingerprint density at radius 1 is 0.897 bits per heavy atom.